The van der Waals surface area contributed by atoms with Gasteiger partial charge in [0.05, 0.1) is 5.56 Å². The zero-order valence-corrected chi connectivity index (χ0v) is 21.2. The summed E-state index contributed by atoms with van der Waals surface area (Å²) in [6.45, 7) is 8.06. The SMILES string of the molecule is CC(=O)[C@H]1CC[C@H]2[C@@H]3C=CC4=CC(=O)CC[C@@]4(C)[C@@H]3[C@@H](OC(=O)c3ccc(C)c(Cl)c3)C[C@]12C. The van der Waals surface area contributed by atoms with E-state index in [-0.39, 0.29) is 52.2 Å². The summed E-state index contributed by atoms with van der Waals surface area (Å²) < 4.78 is 6.33. The number of ketones is 2. The first-order valence-electron chi connectivity index (χ1n) is 12.5. The molecule has 2 saturated carbocycles. The summed E-state index contributed by atoms with van der Waals surface area (Å²) in [5.74, 6) is 0.649. The average molecular weight is 481 g/mol. The number of carbonyl (C=O) groups excluding carboxylic acids is 3. The third kappa shape index (κ3) is 3.52. The molecule has 4 aliphatic carbocycles. The van der Waals surface area contributed by atoms with Crippen molar-refractivity contribution in [1.29, 1.82) is 0 Å². The van der Waals surface area contributed by atoms with Gasteiger partial charge in [0.1, 0.15) is 11.9 Å². The second-order valence-electron chi connectivity index (χ2n) is 11.4. The third-order valence-electron chi connectivity index (χ3n) is 9.59. The lowest BCUT2D eigenvalue weighted by Crippen LogP contribution is -2.56. The van der Waals surface area contributed by atoms with Crippen LogP contribution in [0.25, 0.3) is 0 Å². The van der Waals surface area contributed by atoms with Crippen LogP contribution in [0.5, 0.6) is 0 Å². The maximum atomic E-state index is 13.3. The minimum atomic E-state index is -0.374. The maximum absolute atomic E-state index is 13.3. The van der Waals surface area contributed by atoms with Gasteiger partial charge in [-0.3, -0.25) is 9.59 Å². The number of esters is 1. The molecule has 180 valence electrons. The minimum absolute atomic E-state index is 0.0143. The molecule has 0 amide bonds. The van der Waals surface area contributed by atoms with E-state index in [1.165, 1.54) is 0 Å². The molecule has 4 aliphatic rings. The Hall–Kier alpha value is -2.20. The van der Waals surface area contributed by atoms with Crippen LogP contribution in [0.15, 0.2) is 42.0 Å². The zero-order chi connectivity index (χ0) is 24.4. The average Bonchev–Trinajstić information content (AvgIpc) is 3.12. The largest absolute Gasteiger partial charge is 0.458 e. The molecule has 0 saturated heterocycles. The van der Waals surface area contributed by atoms with Gasteiger partial charge in [0.25, 0.3) is 0 Å². The first kappa shape index (κ1) is 23.5. The summed E-state index contributed by atoms with van der Waals surface area (Å²) in [7, 11) is 0. The second kappa shape index (κ2) is 8.19. The fraction of sp³-hybridized carbons (Fsp3) is 0.552. The summed E-state index contributed by atoms with van der Waals surface area (Å²) in [5.41, 5.74) is 1.95. The van der Waals surface area contributed by atoms with E-state index in [4.69, 9.17) is 16.3 Å². The van der Waals surface area contributed by atoms with E-state index < -0.39 is 0 Å². The smallest absolute Gasteiger partial charge is 0.338 e. The van der Waals surface area contributed by atoms with Crippen molar-refractivity contribution >= 4 is 29.1 Å². The Balaban J connectivity index is 1.56. The number of halogens is 1. The summed E-state index contributed by atoms with van der Waals surface area (Å²) in [5, 5.41) is 0.541. The van der Waals surface area contributed by atoms with Crippen LogP contribution in [0.1, 0.15) is 68.8 Å². The van der Waals surface area contributed by atoms with Crippen molar-refractivity contribution in [3.05, 3.63) is 58.1 Å². The van der Waals surface area contributed by atoms with E-state index in [1.54, 1.807) is 25.1 Å². The highest BCUT2D eigenvalue weighted by Gasteiger charge is 2.63. The van der Waals surface area contributed by atoms with Crippen molar-refractivity contribution in [2.75, 3.05) is 0 Å². The lowest BCUT2D eigenvalue weighted by molar-refractivity contribution is -0.135. The molecule has 0 unspecified atom stereocenters. The third-order valence-corrected chi connectivity index (χ3v) is 9.99. The van der Waals surface area contributed by atoms with Crippen molar-refractivity contribution in [3.63, 3.8) is 0 Å². The Morgan fingerprint density at radius 2 is 1.94 bits per heavy atom. The van der Waals surface area contributed by atoms with Gasteiger partial charge >= 0.3 is 5.97 Å². The first-order chi connectivity index (χ1) is 16.0. The molecule has 7 atom stereocenters. The van der Waals surface area contributed by atoms with E-state index in [1.807, 2.05) is 13.0 Å². The van der Waals surface area contributed by atoms with Crippen LogP contribution in [-0.4, -0.2) is 23.6 Å². The highest BCUT2D eigenvalue weighted by atomic mass is 35.5. The molecule has 5 rings (SSSR count). The second-order valence-corrected chi connectivity index (χ2v) is 11.8. The molecule has 5 heteroatoms. The van der Waals surface area contributed by atoms with Crippen molar-refractivity contribution in [1.82, 2.24) is 0 Å². The van der Waals surface area contributed by atoms with Crippen molar-refractivity contribution in [3.8, 4) is 0 Å². The Morgan fingerprint density at radius 1 is 1.18 bits per heavy atom. The number of rotatable bonds is 3. The van der Waals surface area contributed by atoms with Gasteiger partial charge in [-0.05, 0) is 91.5 Å². The Morgan fingerprint density at radius 3 is 2.65 bits per heavy atom. The molecular formula is C29H33ClO4. The van der Waals surface area contributed by atoms with Crippen LogP contribution in [0.2, 0.25) is 5.02 Å². The standard InChI is InChI=1S/C29H33ClO4/c1-16-5-6-18(13-24(16)30)27(33)34-25-15-29(4)22(17(2)31)9-10-23(29)21-8-7-19-14-20(32)11-12-28(19,3)26(21)25/h5-8,13-14,21-23,25-26H,9-12,15H2,1-4H3/t21-,22+,23-,25-,26-,28+,29+/m0/s1. The van der Waals surface area contributed by atoms with Gasteiger partial charge in [-0.1, -0.05) is 43.7 Å². The molecule has 4 nitrogen and oxygen atoms in total. The van der Waals surface area contributed by atoms with E-state index in [0.29, 0.717) is 29.3 Å². The number of benzene rings is 1. The van der Waals surface area contributed by atoms with Crippen LogP contribution in [0.4, 0.5) is 0 Å². The van der Waals surface area contributed by atoms with Crippen molar-refractivity contribution < 1.29 is 19.1 Å². The monoisotopic (exact) mass is 480 g/mol. The first-order valence-corrected chi connectivity index (χ1v) is 12.8. The summed E-state index contributed by atoms with van der Waals surface area (Å²) in [6, 6.07) is 5.27. The molecule has 0 N–H and O–H groups in total. The fourth-order valence-electron chi connectivity index (χ4n) is 7.80. The van der Waals surface area contributed by atoms with E-state index in [2.05, 4.69) is 26.0 Å². The number of hydrogen-bond donors (Lipinski definition) is 0. The van der Waals surface area contributed by atoms with Gasteiger partial charge in [-0.15, -0.1) is 0 Å². The molecule has 0 spiro atoms. The van der Waals surface area contributed by atoms with E-state index in [9.17, 15) is 14.4 Å². The molecule has 0 radical (unpaired) electrons. The van der Waals surface area contributed by atoms with Crippen LogP contribution >= 0.6 is 11.6 Å². The van der Waals surface area contributed by atoms with Gasteiger partial charge in [0, 0.05) is 23.3 Å². The zero-order valence-electron chi connectivity index (χ0n) is 20.4. The Labute approximate surface area is 206 Å². The molecular weight excluding hydrogens is 448 g/mol. The van der Waals surface area contributed by atoms with E-state index in [0.717, 1.165) is 30.4 Å². The summed E-state index contributed by atoms with van der Waals surface area (Å²) in [4.78, 5) is 38.2. The quantitative estimate of drug-likeness (QED) is 0.476. The number of allylic oxidation sites excluding steroid dienone is 4. The lowest BCUT2D eigenvalue weighted by atomic mass is 9.47. The molecule has 0 heterocycles. The number of fused-ring (bicyclic) bond motifs is 5. The lowest BCUT2D eigenvalue weighted by Gasteiger charge is -2.58. The van der Waals surface area contributed by atoms with Crippen LogP contribution < -0.4 is 0 Å². The molecule has 1 aromatic rings. The maximum Gasteiger partial charge on any atom is 0.338 e. The van der Waals surface area contributed by atoms with Gasteiger partial charge in [-0.2, -0.15) is 0 Å². The number of Topliss-reactive ketones (excluding diaryl/α,β-unsaturated/α-hetero) is 1. The number of hydrogen-bond acceptors (Lipinski definition) is 4. The molecule has 2 fully saturated rings. The normalized spacial score (nSPS) is 38.4. The van der Waals surface area contributed by atoms with Crippen LogP contribution in [-0.2, 0) is 14.3 Å². The highest BCUT2D eigenvalue weighted by Crippen LogP contribution is 2.65. The van der Waals surface area contributed by atoms with Gasteiger partial charge in [0.2, 0.25) is 0 Å². The number of ether oxygens (including phenoxy) is 1. The highest BCUT2D eigenvalue weighted by molar-refractivity contribution is 6.31. The minimum Gasteiger partial charge on any atom is -0.458 e. The Kier molecular flexibility index (Phi) is 5.67. The van der Waals surface area contributed by atoms with Crippen molar-refractivity contribution in [2.24, 2.45) is 34.5 Å². The van der Waals surface area contributed by atoms with Gasteiger partial charge < -0.3 is 4.74 Å². The fourth-order valence-corrected chi connectivity index (χ4v) is 7.98. The van der Waals surface area contributed by atoms with Crippen molar-refractivity contribution in [2.45, 2.75) is 65.9 Å². The van der Waals surface area contributed by atoms with Gasteiger partial charge in [0.15, 0.2) is 5.78 Å². The van der Waals surface area contributed by atoms with Crippen LogP contribution in [0, 0.1) is 41.4 Å². The predicted octanol–water partition coefficient (Wildman–Crippen LogP) is 6.30. The molecule has 1 aromatic carbocycles. The molecule has 34 heavy (non-hydrogen) atoms. The molecule has 0 aliphatic heterocycles. The summed E-state index contributed by atoms with van der Waals surface area (Å²) >= 11 is 6.29. The van der Waals surface area contributed by atoms with Crippen LogP contribution in [0.3, 0.4) is 0 Å². The number of aryl methyl sites for hydroxylation is 1. The molecule has 0 aromatic heterocycles. The molecule has 0 bridgehead atoms. The van der Waals surface area contributed by atoms with E-state index >= 15 is 0 Å². The van der Waals surface area contributed by atoms with Gasteiger partial charge in [-0.25, -0.2) is 4.79 Å². The summed E-state index contributed by atoms with van der Waals surface area (Å²) in [6.07, 6.45) is 9.65. The topological polar surface area (TPSA) is 60.4 Å². The number of carbonyl (C=O) groups is 3. The Bertz CT molecular complexity index is 1130. The predicted molar refractivity (Wildman–Crippen MR) is 132 cm³/mol.